The molecule has 3 heterocycles. The number of urea groups is 1. The first-order valence-corrected chi connectivity index (χ1v) is 14.2. The standard InChI is InChI=1S/C30H42N4O4/c1-29(2,3)38-28(37)32-18-14-30(15-19-32)12-9-24(10-13-30)33-16-5-7-23(21-33)22-6-4-8-25(20-22)34-17-11-26(35)31-27(34)36/h4,6-8,20,24H,5,9-19,21H2,1-3H3,(H,31,35,36). The van der Waals surface area contributed by atoms with E-state index in [-0.39, 0.29) is 18.0 Å². The predicted octanol–water partition coefficient (Wildman–Crippen LogP) is 5.18. The predicted molar refractivity (Wildman–Crippen MR) is 148 cm³/mol. The second-order valence-corrected chi connectivity index (χ2v) is 12.5. The third kappa shape index (κ3) is 6.06. The van der Waals surface area contributed by atoms with E-state index in [1.165, 1.54) is 31.3 Å². The number of carbonyl (C=O) groups is 3. The minimum Gasteiger partial charge on any atom is -0.444 e. The molecule has 1 saturated carbocycles. The summed E-state index contributed by atoms with van der Waals surface area (Å²) in [5.41, 5.74) is 3.23. The van der Waals surface area contributed by atoms with Crippen LogP contribution in [0.5, 0.6) is 0 Å². The van der Waals surface area contributed by atoms with Crippen molar-refractivity contribution in [3.63, 3.8) is 0 Å². The minimum absolute atomic E-state index is 0.174. The quantitative estimate of drug-likeness (QED) is 0.591. The molecule has 1 aromatic carbocycles. The molecule has 3 aliphatic heterocycles. The minimum atomic E-state index is -0.448. The molecule has 0 unspecified atom stereocenters. The molecular formula is C30H42N4O4. The smallest absolute Gasteiger partial charge is 0.410 e. The Morgan fingerprint density at radius 2 is 1.76 bits per heavy atom. The molecule has 38 heavy (non-hydrogen) atoms. The van der Waals surface area contributed by atoms with Crippen LogP contribution in [0, 0.1) is 5.41 Å². The molecule has 1 spiro atoms. The number of piperidine rings is 1. The van der Waals surface area contributed by atoms with Gasteiger partial charge in [-0.25, -0.2) is 9.59 Å². The van der Waals surface area contributed by atoms with Crippen molar-refractivity contribution in [2.45, 2.75) is 83.8 Å². The normalized spacial score (nSPS) is 23.3. The first-order valence-electron chi connectivity index (χ1n) is 14.2. The van der Waals surface area contributed by atoms with E-state index < -0.39 is 5.60 Å². The summed E-state index contributed by atoms with van der Waals surface area (Å²) in [5.74, 6) is -0.212. The van der Waals surface area contributed by atoms with Crippen LogP contribution in [0.15, 0.2) is 30.3 Å². The van der Waals surface area contributed by atoms with Crippen LogP contribution in [0.4, 0.5) is 15.3 Å². The molecular weight excluding hydrogens is 480 g/mol. The molecule has 1 aliphatic carbocycles. The Kier molecular flexibility index (Phi) is 7.54. The van der Waals surface area contributed by atoms with Gasteiger partial charge in [-0.2, -0.15) is 0 Å². The van der Waals surface area contributed by atoms with Crippen molar-refractivity contribution < 1.29 is 19.1 Å². The molecule has 2 saturated heterocycles. The van der Waals surface area contributed by atoms with Crippen molar-refractivity contribution >= 4 is 29.3 Å². The van der Waals surface area contributed by atoms with Gasteiger partial charge in [0, 0.05) is 50.9 Å². The molecule has 1 N–H and O–H groups in total. The fraction of sp³-hybridized carbons (Fsp3) is 0.633. The number of anilines is 1. The number of nitrogens with one attached hydrogen (secondary N) is 1. The molecule has 1 aromatic rings. The van der Waals surface area contributed by atoms with Gasteiger partial charge in [0.25, 0.3) is 0 Å². The van der Waals surface area contributed by atoms with Gasteiger partial charge in [0.05, 0.1) is 0 Å². The largest absolute Gasteiger partial charge is 0.444 e. The highest BCUT2D eigenvalue weighted by atomic mass is 16.6. The summed E-state index contributed by atoms with van der Waals surface area (Å²) < 4.78 is 5.59. The highest BCUT2D eigenvalue weighted by molar-refractivity contribution is 6.05. The fourth-order valence-corrected chi connectivity index (χ4v) is 6.54. The van der Waals surface area contributed by atoms with E-state index in [1.54, 1.807) is 4.90 Å². The Hall–Kier alpha value is -2.87. The van der Waals surface area contributed by atoms with E-state index in [0.29, 0.717) is 24.4 Å². The van der Waals surface area contributed by atoms with Crippen LogP contribution >= 0.6 is 0 Å². The highest BCUT2D eigenvalue weighted by Gasteiger charge is 2.41. The summed E-state index contributed by atoms with van der Waals surface area (Å²) >= 11 is 0. The molecule has 0 radical (unpaired) electrons. The van der Waals surface area contributed by atoms with Crippen LogP contribution in [0.1, 0.15) is 77.7 Å². The molecule has 4 aliphatic rings. The molecule has 3 fully saturated rings. The summed E-state index contributed by atoms with van der Waals surface area (Å²) in [6.07, 6.45) is 10.6. The van der Waals surface area contributed by atoms with Gasteiger partial charge in [-0.1, -0.05) is 18.2 Å². The third-order valence-corrected chi connectivity index (χ3v) is 8.77. The first-order chi connectivity index (χ1) is 18.1. The van der Waals surface area contributed by atoms with Gasteiger partial charge >= 0.3 is 12.1 Å². The van der Waals surface area contributed by atoms with Gasteiger partial charge in [-0.15, -0.1) is 0 Å². The number of likely N-dealkylation sites (tertiary alicyclic amines) is 1. The lowest BCUT2D eigenvalue weighted by Crippen LogP contribution is -2.49. The monoisotopic (exact) mass is 522 g/mol. The zero-order valence-electron chi connectivity index (χ0n) is 23.1. The van der Waals surface area contributed by atoms with Crippen LogP contribution in [0.2, 0.25) is 0 Å². The summed E-state index contributed by atoms with van der Waals surface area (Å²) in [6.45, 7) is 9.80. The van der Waals surface area contributed by atoms with Gasteiger partial charge in [-0.05, 0) is 94.4 Å². The molecule has 206 valence electrons. The molecule has 8 nitrogen and oxygen atoms in total. The highest BCUT2D eigenvalue weighted by Crippen LogP contribution is 2.46. The Labute approximate surface area is 226 Å². The zero-order valence-corrected chi connectivity index (χ0v) is 23.1. The lowest BCUT2D eigenvalue weighted by atomic mass is 9.66. The molecule has 0 aromatic heterocycles. The molecule has 8 heteroatoms. The summed E-state index contributed by atoms with van der Waals surface area (Å²) in [5, 5.41) is 2.42. The van der Waals surface area contributed by atoms with Crippen LogP contribution in [0.25, 0.3) is 5.57 Å². The van der Waals surface area contributed by atoms with Crippen molar-refractivity contribution in [2.75, 3.05) is 37.6 Å². The van der Waals surface area contributed by atoms with E-state index in [2.05, 4.69) is 28.4 Å². The van der Waals surface area contributed by atoms with Gasteiger partial charge in [0.1, 0.15) is 5.60 Å². The Bertz CT molecular complexity index is 1090. The zero-order chi connectivity index (χ0) is 26.9. The Morgan fingerprint density at radius 1 is 1.03 bits per heavy atom. The van der Waals surface area contributed by atoms with Crippen molar-refractivity contribution in [2.24, 2.45) is 5.41 Å². The first kappa shape index (κ1) is 26.7. The second-order valence-electron chi connectivity index (χ2n) is 12.5. The maximum Gasteiger partial charge on any atom is 0.410 e. The van der Waals surface area contributed by atoms with Crippen molar-refractivity contribution in [1.29, 1.82) is 0 Å². The molecule has 0 atom stereocenters. The molecule has 5 rings (SSSR count). The number of carbonyl (C=O) groups excluding carboxylic acids is 3. The maximum absolute atomic E-state index is 12.5. The second kappa shape index (κ2) is 10.7. The van der Waals surface area contributed by atoms with E-state index >= 15 is 0 Å². The fourth-order valence-electron chi connectivity index (χ4n) is 6.54. The van der Waals surface area contributed by atoms with E-state index in [4.69, 9.17) is 4.74 Å². The number of hydrogen-bond donors (Lipinski definition) is 1. The average Bonchev–Trinajstić information content (AvgIpc) is 2.89. The lowest BCUT2D eigenvalue weighted by Gasteiger charge is -2.48. The summed E-state index contributed by atoms with van der Waals surface area (Å²) in [4.78, 5) is 42.6. The summed E-state index contributed by atoms with van der Waals surface area (Å²) in [7, 11) is 0. The van der Waals surface area contributed by atoms with Crippen LogP contribution in [0.3, 0.4) is 0 Å². The van der Waals surface area contributed by atoms with E-state index in [1.807, 2.05) is 37.8 Å². The van der Waals surface area contributed by atoms with Crippen LogP contribution in [-0.2, 0) is 9.53 Å². The Balaban J connectivity index is 1.15. The van der Waals surface area contributed by atoms with Crippen molar-refractivity contribution in [3.05, 3.63) is 35.9 Å². The SMILES string of the molecule is CC(C)(C)OC(=O)N1CCC2(CCC(N3CCC=C(c4cccc(N5CCC(=O)NC5=O)c4)C3)CC2)CC1. The number of amides is 4. The van der Waals surface area contributed by atoms with Gasteiger partial charge in [0.2, 0.25) is 5.91 Å². The average molecular weight is 523 g/mol. The summed E-state index contributed by atoms with van der Waals surface area (Å²) in [6, 6.07) is 8.40. The lowest BCUT2D eigenvalue weighted by molar-refractivity contribution is -0.120. The number of rotatable bonds is 3. The number of ether oxygens (including phenoxy) is 1. The van der Waals surface area contributed by atoms with Crippen molar-refractivity contribution in [3.8, 4) is 0 Å². The maximum atomic E-state index is 12.5. The van der Waals surface area contributed by atoms with E-state index in [0.717, 1.165) is 56.7 Å². The van der Waals surface area contributed by atoms with Gasteiger partial charge in [0.15, 0.2) is 0 Å². The van der Waals surface area contributed by atoms with Crippen LogP contribution in [-0.4, -0.2) is 72.2 Å². The molecule has 4 amide bonds. The van der Waals surface area contributed by atoms with E-state index in [9.17, 15) is 14.4 Å². The number of benzene rings is 1. The molecule has 0 bridgehead atoms. The Morgan fingerprint density at radius 3 is 2.45 bits per heavy atom. The van der Waals surface area contributed by atoms with Gasteiger partial charge < -0.3 is 9.64 Å². The van der Waals surface area contributed by atoms with Crippen LogP contribution < -0.4 is 10.2 Å². The number of imide groups is 1. The van der Waals surface area contributed by atoms with Crippen molar-refractivity contribution in [1.82, 2.24) is 15.1 Å². The third-order valence-electron chi connectivity index (χ3n) is 8.77. The topological polar surface area (TPSA) is 82.2 Å². The number of hydrogen-bond acceptors (Lipinski definition) is 5. The number of nitrogens with zero attached hydrogens (tertiary/aromatic N) is 3. The van der Waals surface area contributed by atoms with Gasteiger partial charge in [-0.3, -0.25) is 19.9 Å².